The first-order valence-corrected chi connectivity index (χ1v) is 10.1. The highest BCUT2D eigenvalue weighted by Gasteiger charge is 2.22. The summed E-state index contributed by atoms with van der Waals surface area (Å²) in [4.78, 5) is 10.5. The molecule has 1 aliphatic rings. The lowest BCUT2D eigenvalue weighted by Crippen LogP contribution is -2.24. The van der Waals surface area contributed by atoms with Gasteiger partial charge < -0.3 is 4.55 Å². The number of hydrogen-bond acceptors (Lipinski definition) is 4. The summed E-state index contributed by atoms with van der Waals surface area (Å²) < 4.78 is 31.2. The smallest absolute Gasteiger partial charge is 0.178 e. The molecule has 0 N–H and O–H groups in total. The lowest BCUT2D eigenvalue weighted by molar-refractivity contribution is -0.114. The van der Waals surface area contributed by atoms with Crippen LogP contribution in [0, 0.1) is 6.92 Å². The molecule has 0 aromatic heterocycles. The van der Waals surface area contributed by atoms with Crippen LogP contribution in [0.1, 0.15) is 31.7 Å². The molecule has 4 nitrogen and oxygen atoms in total. The number of rotatable bonds is 3. The van der Waals surface area contributed by atoms with Crippen LogP contribution in [-0.2, 0) is 25.8 Å². The molecule has 1 heterocycles. The van der Waals surface area contributed by atoms with Crippen LogP contribution < -0.4 is 0 Å². The number of carbonyl (C=O) groups is 1. The van der Waals surface area contributed by atoms with Gasteiger partial charge in [0, 0.05) is 0 Å². The van der Waals surface area contributed by atoms with Crippen molar-refractivity contribution in [3.8, 4) is 0 Å². The van der Waals surface area contributed by atoms with Gasteiger partial charge in [-0.1, -0.05) is 17.7 Å². The molecule has 1 saturated heterocycles. The molecule has 118 valence electrons. The number of benzene rings is 1. The summed E-state index contributed by atoms with van der Waals surface area (Å²) in [6.07, 6.45) is 4.11. The molecular formula is C15H22O4S2. The van der Waals surface area contributed by atoms with Crippen LogP contribution >= 0.6 is 0 Å². The highest BCUT2D eigenvalue weighted by atomic mass is 32.2. The van der Waals surface area contributed by atoms with E-state index in [9.17, 15) is 17.8 Å². The molecular weight excluding hydrogens is 308 g/mol. The van der Waals surface area contributed by atoms with E-state index in [-0.39, 0.29) is 4.90 Å². The molecule has 0 saturated carbocycles. The summed E-state index contributed by atoms with van der Waals surface area (Å²) in [7, 11) is -3.79. The average Bonchev–Trinajstić information content (AvgIpc) is 2.39. The molecule has 21 heavy (non-hydrogen) atoms. The van der Waals surface area contributed by atoms with Crippen LogP contribution in [0.25, 0.3) is 0 Å². The Morgan fingerprint density at radius 2 is 1.67 bits per heavy atom. The minimum Gasteiger partial charge on any atom is -0.744 e. The van der Waals surface area contributed by atoms with E-state index in [1.807, 2.05) is 6.92 Å². The zero-order valence-corrected chi connectivity index (χ0v) is 14.1. The minimum atomic E-state index is -4.27. The Bertz CT molecular complexity index is 544. The van der Waals surface area contributed by atoms with Gasteiger partial charge in [0.25, 0.3) is 0 Å². The summed E-state index contributed by atoms with van der Waals surface area (Å²) in [5.74, 6) is 3.88. The highest BCUT2D eigenvalue weighted by Crippen LogP contribution is 2.13. The van der Waals surface area contributed by atoms with Gasteiger partial charge in [-0.2, -0.15) is 0 Å². The number of hydrogen-bond donors (Lipinski definition) is 0. The van der Waals surface area contributed by atoms with Gasteiger partial charge >= 0.3 is 0 Å². The molecule has 2 rings (SSSR count). The van der Waals surface area contributed by atoms with Gasteiger partial charge in [-0.3, -0.25) is 4.79 Å². The van der Waals surface area contributed by atoms with Crippen LogP contribution in [-0.4, -0.2) is 36.0 Å². The third-order valence-electron chi connectivity index (χ3n) is 3.08. The molecule has 0 amide bonds. The van der Waals surface area contributed by atoms with E-state index in [2.05, 4.69) is 0 Å². The number of carbonyl (C=O) groups excluding carboxylic acids is 1. The lowest BCUT2D eigenvalue weighted by Gasteiger charge is -2.11. The van der Waals surface area contributed by atoms with Gasteiger partial charge in [-0.05, 0) is 56.1 Å². The predicted molar refractivity (Wildman–Crippen MR) is 85.6 cm³/mol. The topological polar surface area (TPSA) is 74.3 Å². The molecule has 1 aromatic rings. The summed E-state index contributed by atoms with van der Waals surface area (Å²) in [5, 5.41) is 0. The Hall–Kier alpha value is -0.850. The van der Waals surface area contributed by atoms with Crippen molar-refractivity contribution < 1.29 is 17.8 Å². The Kier molecular flexibility index (Phi) is 7.42. The Morgan fingerprint density at radius 3 is 2.10 bits per heavy atom. The molecule has 0 atom stereocenters. The molecule has 0 bridgehead atoms. The Labute approximate surface area is 130 Å². The van der Waals surface area contributed by atoms with Crippen LogP contribution in [0.2, 0.25) is 0 Å². The van der Waals surface area contributed by atoms with Crippen molar-refractivity contribution in [1.82, 2.24) is 0 Å². The molecule has 0 radical (unpaired) electrons. The van der Waals surface area contributed by atoms with Crippen molar-refractivity contribution in [2.24, 2.45) is 0 Å². The van der Waals surface area contributed by atoms with E-state index in [1.54, 1.807) is 19.1 Å². The third kappa shape index (κ3) is 7.64. The van der Waals surface area contributed by atoms with Crippen molar-refractivity contribution in [1.29, 1.82) is 0 Å². The Balaban J connectivity index is 0.000000211. The normalized spacial score (nSPS) is 16.0. The van der Waals surface area contributed by atoms with Crippen molar-refractivity contribution in [3.63, 3.8) is 0 Å². The average molecular weight is 330 g/mol. The molecule has 0 aliphatic carbocycles. The van der Waals surface area contributed by atoms with Gasteiger partial charge in [0.15, 0.2) is 11.5 Å². The van der Waals surface area contributed by atoms with E-state index in [0.717, 1.165) is 11.3 Å². The van der Waals surface area contributed by atoms with Crippen LogP contribution in [0.3, 0.4) is 0 Å². The summed E-state index contributed by atoms with van der Waals surface area (Å²) in [6.45, 7) is 3.53. The fourth-order valence-electron chi connectivity index (χ4n) is 2.03. The quantitative estimate of drug-likeness (QED) is 0.629. The van der Waals surface area contributed by atoms with E-state index in [1.165, 1.54) is 42.9 Å². The monoisotopic (exact) mass is 330 g/mol. The molecule has 0 unspecified atom stereocenters. The predicted octanol–water partition coefficient (Wildman–Crippen LogP) is 2.28. The number of aryl methyl sites for hydroxylation is 1. The fourth-order valence-corrected chi connectivity index (χ4v) is 4.79. The van der Waals surface area contributed by atoms with Crippen LogP contribution in [0.15, 0.2) is 29.2 Å². The lowest BCUT2D eigenvalue weighted by atomic mass is 10.2. The van der Waals surface area contributed by atoms with Crippen LogP contribution in [0.4, 0.5) is 0 Å². The second-order valence-electron chi connectivity index (χ2n) is 5.19. The maximum atomic E-state index is 10.7. The highest BCUT2D eigenvalue weighted by molar-refractivity contribution is 7.97. The second-order valence-corrected chi connectivity index (χ2v) is 8.90. The zero-order valence-electron chi connectivity index (χ0n) is 12.5. The van der Waals surface area contributed by atoms with E-state index < -0.39 is 10.1 Å². The number of ketones is 1. The standard InChI is InChI=1S/C8H15OS.C7H8O3S/c1-8(9)7-10-5-3-2-4-6-10;1-6-2-4-7(5-3-6)11(8,9)10/h2-7H2,1H3;2-5H,1H3,(H,8,9,10)/q+1;/p-1. The minimum absolute atomic E-state index is 0.178. The van der Waals surface area contributed by atoms with Crippen molar-refractivity contribution in [2.45, 2.75) is 38.0 Å². The van der Waals surface area contributed by atoms with Crippen LogP contribution in [0.5, 0.6) is 0 Å². The summed E-state index contributed by atoms with van der Waals surface area (Å²) >= 11 is 0. The van der Waals surface area contributed by atoms with E-state index in [0.29, 0.717) is 16.7 Å². The maximum absolute atomic E-state index is 10.7. The van der Waals surface area contributed by atoms with Gasteiger partial charge in [0.1, 0.15) is 21.6 Å². The maximum Gasteiger partial charge on any atom is 0.178 e. The zero-order chi connectivity index (χ0) is 15.9. The largest absolute Gasteiger partial charge is 0.744 e. The van der Waals surface area contributed by atoms with E-state index >= 15 is 0 Å². The first kappa shape index (κ1) is 18.2. The molecule has 1 fully saturated rings. The van der Waals surface area contributed by atoms with Gasteiger partial charge in [0.05, 0.1) is 4.90 Å². The van der Waals surface area contributed by atoms with E-state index in [4.69, 9.17) is 0 Å². The van der Waals surface area contributed by atoms with Crippen molar-refractivity contribution in [3.05, 3.63) is 29.8 Å². The molecule has 1 aliphatic heterocycles. The van der Waals surface area contributed by atoms with Gasteiger partial charge in [-0.15, -0.1) is 0 Å². The fraction of sp³-hybridized carbons (Fsp3) is 0.533. The second kappa shape index (κ2) is 8.56. The van der Waals surface area contributed by atoms with Crippen molar-refractivity contribution in [2.75, 3.05) is 17.3 Å². The summed E-state index contributed by atoms with van der Waals surface area (Å²) in [6, 6.07) is 5.78. The summed E-state index contributed by atoms with van der Waals surface area (Å²) in [5.41, 5.74) is 0.928. The first-order valence-electron chi connectivity index (χ1n) is 6.95. The van der Waals surface area contributed by atoms with Gasteiger partial charge in [-0.25, -0.2) is 8.42 Å². The van der Waals surface area contributed by atoms with Gasteiger partial charge in [0.2, 0.25) is 0 Å². The molecule has 0 spiro atoms. The first-order chi connectivity index (χ1) is 9.79. The molecule has 1 aromatic carbocycles. The number of Topliss-reactive ketones (excluding diaryl/α,β-unsaturated/α-hetero) is 1. The Morgan fingerprint density at radius 1 is 1.14 bits per heavy atom. The SMILES string of the molecule is CC(=O)C[S+]1CCCCC1.Cc1ccc(S(=O)(=O)[O-])cc1. The van der Waals surface area contributed by atoms with Crippen molar-refractivity contribution >= 4 is 26.8 Å². The third-order valence-corrected chi connectivity index (χ3v) is 6.48. The molecule has 6 heteroatoms.